The Balaban J connectivity index is 1.57. The lowest BCUT2D eigenvalue weighted by atomic mass is 9.75. The van der Waals surface area contributed by atoms with Gasteiger partial charge < -0.3 is 24.7 Å². The molecule has 0 radical (unpaired) electrons. The van der Waals surface area contributed by atoms with Crippen LogP contribution in [0.3, 0.4) is 0 Å². The number of halogens is 1. The average Bonchev–Trinajstić information content (AvgIpc) is 3.02. The molecule has 0 spiro atoms. The van der Waals surface area contributed by atoms with E-state index < -0.39 is 30.1 Å². The third-order valence-corrected chi connectivity index (χ3v) is 6.91. The smallest absolute Gasteiger partial charge is 0.465 e. The summed E-state index contributed by atoms with van der Waals surface area (Å²) in [5.41, 5.74) is 0.317. The van der Waals surface area contributed by atoms with Crippen molar-refractivity contribution < 1.29 is 23.2 Å². The van der Waals surface area contributed by atoms with E-state index in [-0.39, 0.29) is 17.8 Å². The molecular formula is C24H32BFN4O4. The summed E-state index contributed by atoms with van der Waals surface area (Å²) in [6.07, 6.45) is 6.59. The highest BCUT2D eigenvalue weighted by Crippen LogP contribution is 2.37. The van der Waals surface area contributed by atoms with Crippen molar-refractivity contribution in [1.82, 2.24) is 9.97 Å². The zero-order chi connectivity index (χ0) is 24.5. The lowest BCUT2D eigenvalue weighted by Gasteiger charge is -2.32. The van der Waals surface area contributed by atoms with Crippen molar-refractivity contribution in [2.24, 2.45) is 0 Å². The molecular weight excluding hydrogens is 438 g/mol. The van der Waals surface area contributed by atoms with Crippen LogP contribution in [0.15, 0.2) is 24.4 Å². The molecule has 2 N–H and O–H groups in total. The lowest BCUT2D eigenvalue weighted by Crippen LogP contribution is -2.41. The first-order valence-corrected chi connectivity index (χ1v) is 11.7. The minimum atomic E-state index is -0.721. The number of aromatic nitrogens is 2. The monoisotopic (exact) mass is 470 g/mol. The largest absolute Gasteiger partial charge is 0.495 e. The number of ether oxygens (including phenoxy) is 1. The van der Waals surface area contributed by atoms with Crippen LogP contribution in [-0.2, 0) is 14.0 Å². The molecule has 1 aromatic carbocycles. The molecule has 34 heavy (non-hydrogen) atoms. The van der Waals surface area contributed by atoms with Crippen molar-refractivity contribution in [2.75, 3.05) is 17.7 Å². The second kappa shape index (κ2) is 9.50. The summed E-state index contributed by atoms with van der Waals surface area (Å²) in [6.45, 7) is 7.80. The topological polar surface area (TPSA) is 94.6 Å². The summed E-state index contributed by atoms with van der Waals surface area (Å²) < 4.78 is 31.6. The van der Waals surface area contributed by atoms with E-state index in [0.29, 0.717) is 16.7 Å². The number of rotatable bonds is 6. The van der Waals surface area contributed by atoms with Crippen molar-refractivity contribution in [2.45, 2.75) is 77.0 Å². The van der Waals surface area contributed by atoms with Gasteiger partial charge in [0.05, 0.1) is 30.1 Å². The van der Waals surface area contributed by atoms with Gasteiger partial charge in [-0.1, -0.05) is 25.3 Å². The number of anilines is 3. The number of hydrogen-bond donors (Lipinski definition) is 2. The van der Waals surface area contributed by atoms with Crippen LogP contribution in [0.25, 0.3) is 0 Å². The maximum atomic E-state index is 14.3. The minimum absolute atomic E-state index is 0.173. The van der Waals surface area contributed by atoms with Gasteiger partial charge >= 0.3 is 13.1 Å². The van der Waals surface area contributed by atoms with Crippen LogP contribution in [0.1, 0.15) is 70.2 Å². The van der Waals surface area contributed by atoms with Crippen LogP contribution in [-0.4, -0.2) is 47.4 Å². The van der Waals surface area contributed by atoms with Crippen molar-refractivity contribution in [3.05, 3.63) is 35.8 Å². The van der Waals surface area contributed by atoms with Gasteiger partial charge in [0.1, 0.15) is 0 Å². The minimum Gasteiger partial charge on any atom is -0.465 e. The maximum absolute atomic E-state index is 14.3. The molecule has 4 rings (SSSR count). The molecule has 182 valence electrons. The third-order valence-electron chi connectivity index (χ3n) is 6.91. The second-order valence-corrected chi connectivity index (χ2v) is 9.88. The van der Waals surface area contributed by atoms with E-state index in [1.807, 2.05) is 27.7 Å². The number of benzene rings is 1. The second-order valence-electron chi connectivity index (χ2n) is 9.88. The summed E-state index contributed by atoms with van der Waals surface area (Å²) >= 11 is 0. The molecule has 0 bridgehead atoms. The molecule has 2 fully saturated rings. The Hall–Kier alpha value is -2.72. The number of nitrogens with zero attached hydrogens (tertiary/aromatic N) is 2. The Bertz CT molecular complexity index is 1040. The standard InChI is InChI=1S/C24H32BFN4O4/c1-23(2)24(3,4)34-25(33-23)18-12-11-16(13-17(18)21(31)32-5)29-22-27-14-19(26)20(30-22)28-15-9-7-6-8-10-15/h11-15H,6-10H2,1-5H3,(H2,27,28,29,30). The van der Waals surface area contributed by atoms with Gasteiger partial charge in [-0.05, 0) is 58.1 Å². The van der Waals surface area contributed by atoms with Crippen LogP contribution in [0.4, 0.5) is 21.8 Å². The van der Waals surface area contributed by atoms with E-state index in [1.165, 1.54) is 13.5 Å². The lowest BCUT2D eigenvalue weighted by molar-refractivity contribution is 0.00578. The van der Waals surface area contributed by atoms with Crippen LogP contribution < -0.4 is 16.1 Å². The number of nitrogens with one attached hydrogen (secondary N) is 2. The molecule has 2 heterocycles. The quantitative estimate of drug-likeness (QED) is 0.480. The first kappa shape index (κ1) is 24.4. The first-order valence-electron chi connectivity index (χ1n) is 11.7. The molecule has 0 unspecified atom stereocenters. The van der Waals surface area contributed by atoms with Crippen LogP contribution in [0.2, 0.25) is 0 Å². The van der Waals surface area contributed by atoms with Crippen molar-refractivity contribution in [3.63, 3.8) is 0 Å². The van der Waals surface area contributed by atoms with Gasteiger partial charge in [-0.25, -0.2) is 14.2 Å². The predicted molar refractivity (Wildman–Crippen MR) is 129 cm³/mol. The summed E-state index contributed by atoms with van der Waals surface area (Å²) in [6, 6.07) is 5.36. The molecule has 10 heteroatoms. The fourth-order valence-corrected chi connectivity index (χ4v) is 4.19. The molecule has 1 saturated heterocycles. The van der Waals surface area contributed by atoms with Crippen molar-refractivity contribution >= 4 is 36.0 Å². The maximum Gasteiger partial charge on any atom is 0.495 e. The van der Waals surface area contributed by atoms with Crippen LogP contribution >= 0.6 is 0 Å². The Kier molecular flexibility index (Phi) is 6.82. The van der Waals surface area contributed by atoms with E-state index in [2.05, 4.69) is 20.6 Å². The Morgan fingerprint density at radius 3 is 2.47 bits per heavy atom. The summed E-state index contributed by atoms with van der Waals surface area (Å²) in [4.78, 5) is 21.0. The first-order chi connectivity index (χ1) is 16.1. The zero-order valence-corrected chi connectivity index (χ0v) is 20.4. The predicted octanol–water partition coefficient (Wildman–Crippen LogP) is 4.19. The van der Waals surface area contributed by atoms with Crippen molar-refractivity contribution in [3.8, 4) is 0 Å². The summed E-state index contributed by atoms with van der Waals surface area (Å²) in [7, 11) is 0.601. The van der Waals surface area contributed by atoms with Crippen molar-refractivity contribution in [1.29, 1.82) is 0 Å². The number of esters is 1. The normalized spacial score (nSPS) is 19.6. The number of carbonyl (C=O) groups is 1. The summed E-state index contributed by atoms with van der Waals surface area (Å²) in [5, 5.41) is 6.26. The van der Waals surface area contributed by atoms with Gasteiger partial charge in [0.2, 0.25) is 5.95 Å². The molecule has 8 nitrogen and oxygen atoms in total. The number of methoxy groups -OCH3 is 1. The van der Waals surface area contributed by atoms with Gasteiger partial charge in [0.25, 0.3) is 0 Å². The van der Waals surface area contributed by atoms with E-state index in [0.717, 1.165) is 31.9 Å². The van der Waals surface area contributed by atoms with Crippen LogP contribution in [0.5, 0.6) is 0 Å². The molecule has 1 aromatic heterocycles. The van der Waals surface area contributed by atoms with Gasteiger partial charge in [0, 0.05) is 11.7 Å². The van der Waals surface area contributed by atoms with E-state index in [4.69, 9.17) is 14.0 Å². The van der Waals surface area contributed by atoms with Gasteiger partial charge in [-0.2, -0.15) is 4.98 Å². The Labute approximate surface area is 200 Å². The molecule has 2 aromatic rings. The van der Waals surface area contributed by atoms with Crippen LogP contribution in [0, 0.1) is 5.82 Å². The SMILES string of the molecule is COC(=O)c1cc(Nc2ncc(F)c(NC3CCCCC3)n2)ccc1B1OC(C)(C)C(C)(C)O1. The number of carbonyl (C=O) groups excluding carboxylic acids is 1. The van der Waals surface area contributed by atoms with E-state index in [1.54, 1.807) is 18.2 Å². The van der Waals surface area contributed by atoms with Gasteiger partial charge in [0.15, 0.2) is 11.6 Å². The highest BCUT2D eigenvalue weighted by Gasteiger charge is 2.52. The Morgan fingerprint density at radius 1 is 1.15 bits per heavy atom. The molecule has 1 aliphatic carbocycles. The molecule has 2 aliphatic rings. The van der Waals surface area contributed by atoms with E-state index >= 15 is 0 Å². The highest BCUT2D eigenvalue weighted by atomic mass is 19.1. The number of hydrogen-bond acceptors (Lipinski definition) is 8. The highest BCUT2D eigenvalue weighted by molar-refractivity contribution is 6.63. The van der Waals surface area contributed by atoms with Gasteiger partial charge in [-0.15, -0.1) is 0 Å². The third kappa shape index (κ3) is 5.02. The fourth-order valence-electron chi connectivity index (χ4n) is 4.19. The molecule has 0 amide bonds. The molecule has 1 saturated carbocycles. The fraction of sp³-hybridized carbons (Fsp3) is 0.542. The zero-order valence-electron chi connectivity index (χ0n) is 20.4. The molecule has 0 atom stereocenters. The Morgan fingerprint density at radius 2 is 1.82 bits per heavy atom. The summed E-state index contributed by atoms with van der Waals surface area (Å²) in [5.74, 6) is -0.624. The average molecular weight is 470 g/mol. The van der Waals surface area contributed by atoms with E-state index in [9.17, 15) is 9.18 Å². The molecule has 1 aliphatic heterocycles. The van der Waals surface area contributed by atoms with Gasteiger partial charge in [-0.3, -0.25) is 0 Å².